The van der Waals surface area contributed by atoms with Gasteiger partial charge in [0.25, 0.3) is 0 Å². The minimum atomic E-state index is -4.56. The van der Waals surface area contributed by atoms with Crippen LogP contribution in [0.2, 0.25) is 0 Å². The molecule has 1 amide bonds. The lowest BCUT2D eigenvalue weighted by Crippen LogP contribution is -2.22. The van der Waals surface area contributed by atoms with Gasteiger partial charge in [0.05, 0.1) is 0 Å². The molecular formula is C7H8F3N3O. The Morgan fingerprint density at radius 3 is 2.14 bits per heavy atom. The number of amides is 1. The Balaban J connectivity index is 3.37. The summed E-state index contributed by atoms with van der Waals surface area (Å²) in [6, 6.07) is -1.03. The van der Waals surface area contributed by atoms with Gasteiger partial charge in [0, 0.05) is 11.3 Å². The second kappa shape index (κ2) is 3.00. The molecule has 0 atom stereocenters. The molecule has 4 nitrogen and oxygen atoms in total. The van der Waals surface area contributed by atoms with Crippen molar-refractivity contribution in [3.8, 4) is 0 Å². The van der Waals surface area contributed by atoms with E-state index >= 15 is 0 Å². The molecule has 0 saturated carbocycles. The number of rotatable bonds is 0. The molecule has 0 saturated heterocycles. The molecule has 0 unspecified atom stereocenters. The summed E-state index contributed by atoms with van der Waals surface area (Å²) >= 11 is 0. The number of hydrogen-bond donors (Lipinski definition) is 1. The SMILES string of the molecule is Cc1c(C(F)(F)F)nn(C(N)=O)c1C. The van der Waals surface area contributed by atoms with E-state index in [1.807, 2.05) is 0 Å². The third kappa shape index (κ3) is 1.57. The lowest BCUT2D eigenvalue weighted by atomic mass is 10.2. The van der Waals surface area contributed by atoms with Crippen molar-refractivity contribution in [2.24, 2.45) is 5.73 Å². The second-order valence-corrected chi connectivity index (χ2v) is 2.81. The van der Waals surface area contributed by atoms with Crippen LogP contribution in [0.3, 0.4) is 0 Å². The number of nitrogens with zero attached hydrogens (tertiary/aromatic N) is 2. The molecule has 2 N–H and O–H groups in total. The third-order valence-corrected chi connectivity index (χ3v) is 1.89. The van der Waals surface area contributed by atoms with Crippen LogP contribution >= 0.6 is 0 Å². The predicted molar refractivity (Wildman–Crippen MR) is 41.7 cm³/mol. The van der Waals surface area contributed by atoms with Crippen molar-refractivity contribution in [2.75, 3.05) is 0 Å². The fourth-order valence-corrected chi connectivity index (χ4v) is 1.06. The van der Waals surface area contributed by atoms with Crippen molar-refractivity contribution in [1.29, 1.82) is 0 Å². The van der Waals surface area contributed by atoms with Gasteiger partial charge in [0.2, 0.25) is 0 Å². The van der Waals surface area contributed by atoms with Crippen molar-refractivity contribution >= 4 is 6.03 Å². The number of carbonyl (C=O) groups is 1. The molecule has 0 aliphatic carbocycles. The normalized spacial score (nSPS) is 11.8. The van der Waals surface area contributed by atoms with Crippen LogP contribution in [-0.2, 0) is 6.18 Å². The van der Waals surface area contributed by atoms with Gasteiger partial charge in [-0.1, -0.05) is 0 Å². The summed E-state index contributed by atoms with van der Waals surface area (Å²) in [5.74, 6) is 0. The minimum Gasteiger partial charge on any atom is -0.350 e. The summed E-state index contributed by atoms with van der Waals surface area (Å²) in [5.41, 5.74) is 3.77. The highest BCUT2D eigenvalue weighted by molar-refractivity contribution is 5.74. The highest BCUT2D eigenvalue weighted by Crippen LogP contribution is 2.31. The molecule has 0 aromatic carbocycles. The first-order valence-corrected chi connectivity index (χ1v) is 3.68. The van der Waals surface area contributed by atoms with Gasteiger partial charge in [-0.2, -0.15) is 23.0 Å². The van der Waals surface area contributed by atoms with Gasteiger partial charge in [0.15, 0.2) is 5.69 Å². The molecule has 1 heterocycles. The third-order valence-electron chi connectivity index (χ3n) is 1.89. The van der Waals surface area contributed by atoms with Crippen LogP contribution in [0, 0.1) is 13.8 Å². The fourth-order valence-electron chi connectivity index (χ4n) is 1.06. The molecule has 0 radical (unpaired) electrons. The average Bonchev–Trinajstić information content (AvgIpc) is 2.28. The number of alkyl halides is 3. The van der Waals surface area contributed by atoms with Crippen molar-refractivity contribution < 1.29 is 18.0 Å². The van der Waals surface area contributed by atoms with E-state index in [0.717, 1.165) is 0 Å². The Morgan fingerprint density at radius 1 is 1.43 bits per heavy atom. The van der Waals surface area contributed by atoms with Crippen LogP contribution in [0.5, 0.6) is 0 Å². The first-order valence-electron chi connectivity index (χ1n) is 3.68. The lowest BCUT2D eigenvalue weighted by Gasteiger charge is -2.01. The number of hydrogen-bond acceptors (Lipinski definition) is 2. The summed E-state index contributed by atoms with van der Waals surface area (Å²) in [6.07, 6.45) is -4.56. The Hall–Kier alpha value is -1.53. The van der Waals surface area contributed by atoms with Gasteiger partial charge in [0.1, 0.15) is 0 Å². The van der Waals surface area contributed by atoms with Gasteiger partial charge in [-0.15, -0.1) is 0 Å². The maximum Gasteiger partial charge on any atom is 0.435 e. The molecule has 1 aromatic heterocycles. The van der Waals surface area contributed by atoms with E-state index in [2.05, 4.69) is 5.10 Å². The van der Waals surface area contributed by atoms with Crippen molar-refractivity contribution in [3.05, 3.63) is 17.0 Å². The van der Waals surface area contributed by atoms with Crippen LogP contribution in [0.25, 0.3) is 0 Å². The van der Waals surface area contributed by atoms with Crippen molar-refractivity contribution in [3.63, 3.8) is 0 Å². The zero-order chi connectivity index (χ0) is 11.1. The zero-order valence-corrected chi connectivity index (χ0v) is 7.51. The first-order chi connectivity index (χ1) is 6.25. The van der Waals surface area contributed by atoms with Crippen molar-refractivity contribution in [2.45, 2.75) is 20.0 Å². The van der Waals surface area contributed by atoms with Crippen LogP contribution < -0.4 is 5.73 Å². The van der Waals surface area contributed by atoms with Gasteiger partial charge in [-0.05, 0) is 13.8 Å². The molecule has 0 aliphatic rings. The van der Waals surface area contributed by atoms with E-state index in [1.165, 1.54) is 13.8 Å². The second-order valence-electron chi connectivity index (χ2n) is 2.81. The predicted octanol–water partition coefficient (Wildman–Crippen LogP) is 1.45. The number of nitrogens with two attached hydrogens (primary N) is 1. The first kappa shape index (κ1) is 10.6. The Bertz CT molecular complexity index is 380. The van der Waals surface area contributed by atoms with Crippen molar-refractivity contribution in [1.82, 2.24) is 9.78 Å². The smallest absolute Gasteiger partial charge is 0.350 e. The van der Waals surface area contributed by atoms with Gasteiger partial charge < -0.3 is 5.73 Å². The monoisotopic (exact) mass is 207 g/mol. The molecule has 0 aliphatic heterocycles. The highest BCUT2D eigenvalue weighted by atomic mass is 19.4. The lowest BCUT2D eigenvalue weighted by molar-refractivity contribution is -0.141. The molecule has 0 bridgehead atoms. The van der Waals surface area contributed by atoms with Crippen LogP contribution in [0.1, 0.15) is 17.0 Å². The van der Waals surface area contributed by atoms with Crippen LogP contribution in [0.15, 0.2) is 0 Å². The number of primary amides is 1. The summed E-state index contributed by atoms with van der Waals surface area (Å²) in [5, 5.41) is 3.10. The molecule has 7 heteroatoms. The summed E-state index contributed by atoms with van der Waals surface area (Å²) in [4.78, 5) is 10.7. The molecule has 1 aromatic rings. The van der Waals surface area contributed by atoms with Crippen LogP contribution in [-0.4, -0.2) is 15.8 Å². The topological polar surface area (TPSA) is 60.9 Å². The number of carbonyl (C=O) groups excluding carboxylic acids is 1. The molecule has 78 valence electrons. The molecular weight excluding hydrogens is 199 g/mol. The summed E-state index contributed by atoms with van der Waals surface area (Å²) in [6.45, 7) is 2.59. The molecule has 0 spiro atoms. The van der Waals surface area contributed by atoms with E-state index in [1.54, 1.807) is 0 Å². The van der Waals surface area contributed by atoms with E-state index in [-0.39, 0.29) is 11.3 Å². The Labute approximate surface area is 77.5 Å². The Morgan fingerprint density at radius 2 is 1.93 bits per heavy atom. The van der Waals surface area contributed by atoms with Gasteiger partial charge >= 0.3 is 12.2 Å². The summed E-state index contributed by atoms with van der Waals surface area (Å²) < 4.78 is 37.4. The molecule has 1 rings (SSSR count). The van der Waals surface area contributed by atoms with E-state index in [0.29, 0.717) is 4.68 Å². The van der Waals surface area contributed by atoms with E-state index in [9.17, 15) is 18.0 Å². The standard InChI is InChI=1S/C7H8F3N3O/c1-3-4(2)13(6(11)14)12-5(3)7(8,9)10/h1-2H3,(H2,11,14). The van der Waals surface area contributed by atoms with E-state index in [4.69, 9.17) is 5.73 Å². The molecule has 0 fully saturated rings. The number of aromatic nitrogens is 2. The molecule has 14 heavy (non-hydrogen) atoms. The largest absolute Gasteiger partial charge is 0.435 e. The van der Waals surface area contributed by atoms with Crippen LogP contribution in [0.4, 0.5) is 18.0 Å². The van der Waals surface area contributed by atoms with E-state index < -0.39 is 17.9 Å². The fraction of sp³-hybridized carbons (Fsp3) is 0.429. The zero-order valence-electron chi connectivity index (χ0n) is 7.51. The number of halogens is 3. The average molecular weight is 207 g/mol. The van der Waals surface area contributed by atoms with Gasteiger partial charge in [-0.3, -0.25) is 0 Å². The highest BCUT2D eigenvalue weighted by Gasteiger charge is 2.37. The maximum absolute atomic E-state index is 12.3. The summed E-state index contributed by atoms with van der Waals surface area (Å²) in [7, 11) is 0. The minimum absolute atomic E-state index is 0.0868. The Kier molecular flexibility index (Phi) is 2.26. The maximum atomic E-state index is 12.3. The van der Waals surface area contributed by atoms with Gasteiger partial charge in [-0.25, -0.2) is 4.79 Å². The quantitative estimate of drug-likeness (QED) is 0.699.